The molecule has 134 valence electrons. The molecule has 0 spiro atoms. The Morgan fingerprint density at radius 3 is 2.41 bits per heavy atom. The van der Waals surface area contributed by atoms with E-state index in [9.17, 15) is 13.9 Å². The number of benzene rings is 1. The maximum absolute atomic E-state index is 13.6. The summed E-state index contributed by atoms with van der Waals surface area (Å²) in [6.07, 6.45) is 4.72. The number of nitrogens with two attached hydrogens (primary N) is 1. The standard InChI is InChI=1S/C19H13F2N5O/c20-13-2-1-11(7-14(13)21)19-25-16(10-3-5-23-6-4-10)17(26-19)12-8-15(27)18(22)24-9-12/h1-9,27H,(H2,22,24)(H,25,26). The molecule has 4 N–H and O–H groups in total. The van der Waals surface area contributed by atoms with Crippen LogP contribution in [0.4, 0.5) is 14.6 Å². The minimum atomic E-state index is -0.970. The molecule has 0 amide bonds. The first-order valence-electron chi connectivity index (χ1n) is 7.93. The number of aromatic amines is 1. The fraction of sp³-hybridized carbons (Fsp3) is 0. The average molecular weight is 365 g/mol. The summed E-state index contributed by atoms with van der Waals surface area (Å²) in [7, 11) is 0. The van der Waals surface area contributed by atoms with Gasteiger partial charge in [-0.3, -0.25) is 4.98 Å². The zero-order chi connectivity index (χ0) is 19.0. The molecule has 4 rings (SSSR count). The van der Waals surface area contributed by atoms with Gasteiger partial charge in [0.05, 0.1) is 11.4 Å². The van der Waals surface area contributed by atoms with E-state index in [2.05, 4.69) is 19.9 Å². The molecule has 3 aromatic heterocycles. The first-order chi connectivity index (χ1) is 13.0. The van der Waals surface area contributed by atoms with Crippen LogP contribution in [0.3, 0.4) is 0 Å². The normalized spacial score (nSPS) is 10.9. The summed E-state index contributed by atoms with van der Waals surface area (Å²) in [6.45, 7) is 0. The lowest BCUT2D eigenvalue weighted by atomic mass is 10.1. The second-order valence-corrected chi connectivity index (χ2v) is 5.80. The number of nitrogens with one attached hydrogen (secondary N) is 1. The topological polar surface area (TPSA) is 101 Å². The third-order valence-corrected chi connectivity index (χ3v) is 4.04. The highest BCUT2D eigenvalue weighted by atomic mass is 19.2. The monoisotopic (exact) mass is 365 g/mol. The molecule has 0 saturated heterocycles. The predicted octanol–water partition coefficient (Wildman–Crippen LogP) is 3.77. The first kappa shape index (κ1) is 16.6. The molecule has 0 unspecified atom stereocenters. The highest BCUT2D eigenvalue weighted by molar-refractivity contribution is 5.81. The lowest BCUT2D eigenvalue weighted by Crippen LogP contribution is -1.92. The van der Waals surface area contributed by atoms with Crippen LogP contribution in [0.25, 0.3) is 33.9 Å². The molecule has 4 aromatic rings. The van der Waals surface area contributed by atoms with Gasteiger partial charge in [-0.15, -0.1) is 0 Å². The van der Waals surface area contributed by atoms with Gasteiger partial charge in [0.1, 0.15) is 5.82 Å². The Morgan fingerprint density at radius 1 is 0.926 bits per heavy atom. The van der Waals surface area contributed by atoms with Crippen LogP contribution < -0.4 is 5.73 Å². The fourth-order valence-electron chi connectivity index (χ4n) is 2.68. The molecule has 0 aliphatic carbocycles. The van der Waals surface area contributed by atoms with Crippen molar-refractivity contribution in [1.82, 2.24) is 19.9 Å². The average Bonchev–Trinajstić information content (AvgIpc) is 3.12. The molecule has 0 fully saturated rings. The number of rotatable bonds is 3. The van der Waals surface area contributed by atoms with Gasteiger partial charge in [0.2, 0.25) is 0 Å². The van der Waals surface area contributed by atoms with E-state index >= 15 is 0 Å². The van der Waals surface area contributed by atoms with E-state index in [0.717, 1.165) is 17.7 Å². The Hall–Kier alpha value is -3.81. The fourth-order valence-corrected chi connectivity index (χ4v) is 2.68. The van der Waals surface area contributed by atoms with Crippen molar-refractivity contribution in [2.75, 3.05) is 5.73 Å². The van der Waals surface area contributed by atoms with Crippen LogP contribution in [0.1, 0.15) is 0 Å². The number of hydrogen-bond donors (Lipinski definition) is 3. The summed E-state index contributed by atoms with van der Waals surface area (Å²) < 4.78 is 26.9. The number of H-pyrrole nitrogens is 1. The van der Waals surface area contributed by atoms with Gasteiger partial charge in [0.15, 0.2) is 23.2 Å². The molecular formula is C19H13F2N5O. The van der Waals surface area contributed by atoms with E-state index in [1.54, 1.807) is 24.5 Å². The Balaban J connectivity index is 1.92. The predicted molar refractivity (Wildman–Crippen MR) is 96.5 cm³/mol. The van der Waals surface area contributed by atoms with Crippen LogP contribution in [0.5, 0.6) is 5.75 Å². The van der Waals surface area contributed by atoms with Crippen LogP contribution >= 0.6 is 0 Å². The van der Waals surface area contributed by atoms with Crippen molar-refractivity contribution in [2.24, 2.45) is 0 Å². The van der Waals surface area contributed by atoms with Crippen molar-refractivity contribution in [2.45, 2.75) is 0 Å². The molecule has 8 heteroatoms. The molecule has 0 saturated carbocycles. The second-order valence-electron chi connectivity index (χ2n) is 5.80. The highest BCUT2D eigenvalue weighted by Gasteiger charge is 2.17. The van der Waals surface area contributed by atoms with Crippen molar-refractivity contribution in [3.8, 4) is 39.7 Å². The lowest BCUT2D eigenvalue weighted by molar-refractivity contribution is 0.476. The van der Waals surface area contributed by atoms with E-state index in [-0.39, 0.29) is 11.6 Å². The van der Waals surface area contributed by atoms with Crippen LogP contribution in [-0.2, 0) is 0 Å². The number of aromatic nitrogens is 4. The van der Waals surface area contributed by atoms with Gasteiger partial charge in [-0.2, -0.15) is 0 Å². The van der Waals surface area contributed by atoms with Crippen molar-refractivity contribution in [1.29, 1.82) is 0 Å². The van der Waals surface area contributed by atoms with Crippen LogP contribution in [0, 0.1) is 11.6 Å². The van der Waals surface area contributed by atoms with Crippen LogP contribution in [-0.4, -0.2) is 25.0 Å². The second kappa shape index (κ2) is 6.49. The van der Waals surface area contributed by atoms with Crippen LogP contribution in [0.2, 0.25) is 0 Å². The van der Waals surface area contributed by atoms with Gasteiger partial charge in [-0.25, -0.2) is 18.7 Å². The third kappa shape index (κ3) is 3.08. The summed E-state index contributed by atoms with van der Waals surface area (Å²) in [4.78, 5) is 15.6. The number of imidazole rings is 1. The molecule has 27 heavy (non-hydrogen) atoms. The zero-order valence-corrected chi connectivity index (χ0v) is 13.8. The minimum absolute atomic E-state index is 0.000533. The summed E-state index contributed by atoms with van der Waals surface area (Å²) in [5.41, 5.74) is 8.32. The highest BCUT2D eigenvalue weighted by Crippen LogP contribution is 2.34. The zero-order valence-electron chi connectivity index (χ0n) is 13.8. The minimum Gasteiger partial charge on any atom is -0.504 e. The summed E-state index contributed by atoms with van der Waals surface area (Å²) in [5, 5.41) is 9.89. The van der Waals surface area contributed by atoms with Crippen molar-refractivity contribution in [3.63, 3.8) is 0 Å². The van der Waals surface area contributed by atoms with Gasteiger partial charge in [0, 0.05) is 35.3 Å². The molecule has 0 atom stereocenters. The van der Waals surface area contributed by atoms with Crippen LogP contribution in [0.15, 0.2) is 55.0 Å². The lowest BCUT2D eigenvalue weighted by Gasteiger charge is -2.04. The summed E-state index contributed by atoms with van der Waals surface area (Å²) >= 11 is 0. The van der Waals surface area contributed by atoms with E-state index in [1.165, 1.54) is 18.3 Å². The van der Waals surface area contributed by atoms with Gasteiger partial charge in [-0.05, 0) is 36.4 Å². The number of nitrogens with zero attached hydrogens (tertiary/aromatic N) is 3. The summed E-state index contributed by atoms with van der Waals surface area (Å²) in [5.74, 6) is -1.74. The van der Waals surface area contributed by atoms with Crippen molar-refractivity contribution >= 4 is 5.82 Å². The maximum atomic E-state index is 13.6. The van der Waals surface area contributed by atoms with Crippen molar-refractivity contribution < 1.29 is 13.9 Å². The number of aromatic hydroxyl groups is 1. The Labute approximate surface area is 152 Å². The van der Waals surface area contributed by atoms with E-state index < -0.39 is 11.6 Å². The SMILES string of the molecule is Nc1ncc(-c2nc(-c3ccc(F)c(F)c3)[nH]c2-c2ccncc2)cc1O. The molecule has 0 radical (unpaired) electrons. The van der Waals surface area contributed by atoms with E-state index in [4.69, 9.17) is 5.73 Å². The largest absolute Gasteiger partial charge is 0.504 e. The number of anilines is 1. The maximum Gasteiger partial charge on any atom is 0.165 e. The smallest absolute Gasteiger partial charge is 0.165 e. The van der Waals surface area contributed by atoms with Crippen molar-refractivity contribution in [3.05, 3.63) is 66.6 Å². The molecule has 0 aliphatic heterocycles. The molecule has 0 aliphatic rings. The molecule has 3 heterocycles. The Kier molecular flexibility index (Phi) is 4.00. The number of halogens is 2. The quantitative estimate of drug-likeness (QED) is 0.513. The Morgan fingerprint density at radius 2 is 1.70 bits per heavy atom. The van der Waals surface area contributed by atoms with Gasteiger partial charge < -0.3 is 15.8 Å². The summed E-state index contributed by atoms with van der Waals surface area (Å²) in [6, 6.07) is 8.52. The number of nitrogen functional groups attached to an aromatic ring is 1. The molecule has 0 bridgehead atoms. The number of hydrogen-bond acceptors (Lipinski definition) is 5. The van der Waals surface area contributed by atoms with Gasteiger partial charge in [-0.1, -0.05) is 0 Å². The van der Waals surface area contributed by atoms with Gasteiger partial charge >= 0.3 is 0 Å². The van der Waals surface area contributed by atoms with E-state index in [0.29, 0.717) is 28.3 Å². The number of pyridine rings is 2. The third-order valence-electron chi connectivity index (χ3n) is 4.04. The molecular weight excluding hydrogens is 352 g/mol. The Bertz CT molecular complexity index is 1130. The van der Waals surface area contributed by atoms with E-state index in [1.807, 2.05) is 0 Å². The first-order valence-corrected chi connectivity index (χ1v) is 7.93. The molecule has 1 aromatic carbocycles. The van der Waals surface area contributed by atoms with Gasteiger partial charge in [0.25, 0.3) is 0 Å². The molecule has 6 nitrogen and oxygen atoms in total.